The van der Waals surface area contributed by atoms with Crippen LogP contribution in [0.25, 0.3) is 0 Å². The van der Waals surface area contributed by atoms with Crippen LogP contribution >= 0.6 is 0 Å². The lowest BCUT2D eigenvalue weighted by molar-refractivity contribution is 0.191. The van der Waals surface area contributed by atoms with Gasteiger partial charge in [0, 0.05) is 0 Å². The summed E-state index contributed by atoms with van der Waals surface area (Å²) in [6.07, 6.45) is 11.9. The van der Waals surface area contributed by atoms with E-state index in [-0.39, 0.29) is 0 Å². The van der Waals surface area contributed by atoms with Gasteiger partial charge in [0.1, 0.15) is 0 Å². The van der Waals surface area contributed by atoms with Crippen LogP contribution in [0.2, 0.25) is 0 Å². The van der Waals surface area contributed by atoms with E-state index in [1.54, 1.807) is 0 Å². The molecule has 0 aromatic rings. The van der Waals surface area contributed by atoms with Gasteiger partial charge < -0.3 is 4.90 Å². The number of hydrogen-bond donors (Lipinski definition) is 0. The molecule has 0 N–H and O–H groups in total. The summed E-state index contributed by atoms with van der Waals surface area (Å²) in [5.41, 5.74) is 1.48. The largest absolute Gasteiger partial charge is 0.303 e. The van der Waals surface area contributed by atoms with Crippen LogP contribution in [0.4, 0.5) is 0 Å². The summed E-state index contributed by atoms with van der Waals surface area (Å²) in [5, 5.41) is 0. The third-order valence-electron chi connectivity index (χ3n) is 3.57. The maximum Gasteiger partial charge on any atom is -0.00156 e. The highest BCUT2D eigenvalue weighted by molar-refractivity contribution is 5.16. The molecule has 0 saturated carbocycles. The van der Waals surface area contributed by atoms with Gasteiger partial charge in [0.15, 0.2) is 0 Å². The number of hydrogen-bond acceptors (Lipinski definition) is 1. The van der Waals surface area contributed by atoms with Crippen molar-refractivity contribution in [3.05, 3.63) is 23.8 Å². The lowest BCUT2D eigenvalue weighted by Crippen LogP contribution is -2.33. The zero-order valence-corrected chi connectivity index (χ0v) is 11.2. The summed E-state index contributed by atoms with van der Waals surface area (Å²) in [5.74, 6) is 0.949. The molecule has 1 nitrogen and oxygen atoms in total. The van der Waals surface area contributed by atoms with Gasteiger partial charge in [-0.2, -0.15) is 0 Å². The maximum atomic E-state index is 2.63. The van der Waals surface area contributed by atoms with Gasteiger partial charge in [0.05, 0.1) is 0 Å². The SMILES string of the molecule is C/C=C\C(=C/C)CCCN1CCC(C)CC1. The van der Waals surface area contributed by atoms with Gasteiger partial charge in [-0.3, -0.25) is 0 Å². The number of likely N-dealkylation sites (tertiary alicyclic amines) is 1. The molecule has 0 atom stereocenters. The molecule has 1 heteroatoms. The fourth-order valence-corrected chi connectivity index (χ4v) is 2.33. The first kappa shape index (κ1) is 13.5. The van der Waals surface area contributed by atoms with E-state index in [0.717, 1.165) is 5.92 Å². The van der Waals surface area contributed by atoms with Crippen LogP contribution in [0.5, 0.6) is 0 Å². The zero-order chi connectivity index (χ0) is 11.8. The zero-order valence-electron chi connectivity index (χ0n) is 11.2. The Kier molecular flexibility index (Phi) is 6.47. The Morgan fingerprint density at radius 2 is 1.94 bits per heavy atom. The lowest BCUT2D eigenvalue weighted by atomic mass is 9.99. The molecule has 0 unspecified atom stereocenters. The predicted molar refractivity (Wildman–Crippen MR) is 72.6 cm³/mol. The van der Waals surface area contributed by atoms with Crippen molar-refractivity contribution >= 4 is 0 Å². The van der Waals surface area contributed by atoms with Crippen molar-refractivity contribution in [2.45, 2.75) is 46.5 Å². The van der Waals surface area contributed by atoms with E-state index in [1.807, 2.05) is 0 Å². The monoisotopic (exact) mass is 221 g/mol. The molecular formula is C15H27N. The second kappa shape index (κ2) is 7.67. The summed E-state index contributed by atoms with van der Waals surface area (Å²) in [7, 11) is 0. The van der Waals surface area contributed by atoms with Crippen LogP contribution in [0, 0.1) is 5.92 Å². The van der Waals surface area contributed by atoms with Crippen molar-refractivity contribution in [3.8, 4) is 0 Å². The van der Waals surface area contributed by atoms with Gasteiger partial charge in [-0.1, -0.05) is 30.7 Å². The first-order valence-corrected chi connectivity index (χ1v) is 6.76. The number of rotatable bonds is 5. The second-order valence-corrected chi connectivity index (χ2v) is 4.99. The quantitative estimate of drug-likeness (QED) is 0.634. The van der Waals surface area contributed by atoms with E-state index in [0.29, 0.717) is 0 Å². The minimum atomic E-state index is 0.949. The number of nitrogens with zero attached hydrogens (tertiary/aromatic N) is 1. The third kappa shape index (κ3) is 4.98. The standard InChI is InChI=1S/C15H27N/c1-4-7-15(5-2)8-6-11-16-12-9-14(3)10-13-16/h4-5,7,14H,6,8-13H2,1-3H3/b7-4-,15-5+. The van der Waals surface area contributed by atoms with E-state index < -0.39 is 0 Å². The fraction of sp³-hybridized carbons (Fsp3) is 0.733. The molecule has 92 valence electrons. The summed E-state index contributed by atoms with van der Waals surface area (Å²) < 4.78 is 0. The van der Waals surface area contributed by atoms with Crippen molar-refractivity contribution < 1.29 is 0 Å². The van der Waals surface area contributed by atoms with Gasteiger partial charge in [0.2, 0.25) is 0 Å². The van der Waals surface area contributed by atoms with E-state index in [1.165, 1.54) is 50.9 Å². The Balaban J connectivity index is 2.15. The van der Waals surface area contributed by atoms with Gasteiger partial charge in [-0.15, -0.1) is 0 Å². The topological polar surface area (TPSA) is 3.24 Å². The minimum absolute atomic E-state index is 0.949. The van der Waals surface area contributed by atoms with Gasteiger partial charge >= 0.3 is 0 Å². The van der Waals surface area contributed by atoms with Crippen LogP contribution in [0.1, 0.15) is 46.5 Å². The average molecular weight is 221 g/mol. The van der Waals surface area contributed by atoms with E-state index in [9.17, 15) is 0 Å². The molecule has 1 rings (SSSR count). The molecule has 1 aliphatic rings. The molecule has 1 aliphatic heterocycles. The molecule has 0 aromatic carbocycles. The van der Waals surface area contributed by atoms with Crippen LogP contribution < -0.4 is 0 Å². The van der Waals surface area contributed by atoms with Crippen molar-refractivity contribution in [2.75, 3.05) is 19.6 Å². The molecule has 0 aromatic heterocycles. The van der Waals surface area contributed by atoms with E-state index in [2.05, 4.69) is 43.9 Å². The lowest BCUT2D eigenvalue weighted by Gasteiger charge is -2.30. The van der Waals surface area contributed by atoms with Gasteiger partial charge in [0.25, 0.3) is 0 Å². The van der Waals surface area contributed by atoms with Crippen molar-refractivity contribution in [2.24, 2.45) is 5.92 Å². The van der Waals surface area contributed by atoms with E-state index >= 15 is 0 Å². The molecule has 1 heterocycles. The first-order valence-electron chi connectivity index (χ1n) is 6.76. The van der Waals surface area contributed by atoms with Crippen molar-refractivity contribution in [3.63, 3.8) is 0 Å². The molecule has 0 radical (unpaired) electrons. The summed E-state index contributed by atoms with van der Waals surface area (Å²) >= 11 is 0. The van der Waals surface area contributed by atoms with Gasteiger partial charge in [-0.25, -0.2) is 0 Å². The Morgan fingerprint density at radius 1 is 1.25 bits per heavy atom. The predicted octanol–water partition coefficient (Wildman–Crippen LogP) is 4.02. The first-order chi connectivity index (χ1) is 7.76. The summed E-state index contributed by atoms with van der Waals surface area (Å²) in [4.78, 5) is 2.63. The van der Waals surface area contributed by atoms with Crippen LogP contribution in [0.15, 0.2) is 23.8 Å². The molecule has 0 bridgehead atoms. The second-order valence-electron chi connectivity index (χ2n) is 4.99. The highest BCUT2D eigenvalue weighted by Crippen LogP contribution is 2.17. The number of piperidine rings is 1. The Morgan fingerprint density at radius 3 is 2.50 bits per heavy atom. The average Bonchev–Trinajstić information content (AvgIpc) is 2.30. The fourth-order valence-electron chi connectivity index (χ4n) is 2.33. The Bertz CT molecular complexity index is 232. The number of allylic oxidation sites excluding steroid dienone is 4. The highest BCUT2D eigenvalue weighted by Gasteiger charge is 2.14. The van der Waals surface area contributed by atoms with Gasteiger partial charge in [-0.05, 0) is 65.1 Å². The molecule has 0 amide bonds. The Hall–Kier alpha value is -0.560. The Labute approximate surface area is 101 Å². The third-order valence-corrected chi connectivity index (χ3v) is 3.57. The molecular weight excluding hydrogens is 194 g/mol. The van der Waals surface area contributed by atoms with Crippen molar-refractivity contribution in [1.29, 1.82) is 0 Å². The molecule has 16 heavy (non-hydrogen) atoms. The normalized spacial score (nSPS) is 20.8. The maximum absolute atomic E-state index is 2.63. The molecule has 1 fully saturated rings. The molecule has 1 saturated heterocycles. The molecule has 0 aliphatic carbocycles. The van der Waals surface area contributed by atoms with Crippen LogP contribution in [0.3, 0.4) is 0 Å². The summed E-state index contributed by atoms with van der Waals surface area (Å²) in [6.45, 7) is 10.5. The van der Waals surface area contributed by atoms with Crippen LogP contribution in [-0.2, 0) is 0 Å². The minimum Gasteiger partial charge on any atom is -0.303 e. The highest BCUT2D eigenvalue weighted by atomic mass is 15.1. The smallest absolute Gasteiger partial charge is 0.00156 e. The molecule has 0 spiro atoms. The summed E-state index contributed by atoms with van der Waals surface area (Å²) in [6, 6.07) is 0. The van der Waals surface area contributed by atoms with Crippen molar-refractivity contribution in [1.82, 2.24) is 4.90 Å². The van der Waals surface area contributed by atoms with E-state index in [4.69, 9.17) is 0 Å². The van der Waals surface area contributed by atoms with Crippen LogP contribution in [-0.4, -0.2) is 24.5 Å².